The highest BCUT2D eigenvalue weighted by Gasteiger charge is 2.04. The van der Waals surface area contributed by atoms with E-state index in [4.69, 9.17) is 0 Å². The summed E-state index contributed by atoms with van der Waals surface area (Å²) in [5.74, 6) is 0. The second-order valence-electron chi connectivity index (χ2n) is 2.91. The Bertz CT molecular complexity index is 668. The van der Waals surface area contributed by atoms with Crippen LogP contribution in [0.5, 0.6) is 0 Å². The highest BCUT2D eigenvalue weighted by Crippen LogP contribution is 2.13. The molecule has 6 nitrogen and oxygen atoms in total. The number of H-pyrrole nitrogens is 2. The highest BCUT2D eigenvalue weighted by atomic mass is 16.1. The molecule has 1 aromatic carbocycles. The zero-order chi connectivity index (χ0) is 9.54. The van der Waals surface area contributed by atoms with Crippen molar-refractivity contribution in [1.82, 2.24) is 25.4 Å². The van der Waals surface area contributed by atoms with Crippen LogP contribution in [0.25, 0.3) is 21.9 Å². The predicted molar refractivity (Wildman–Crippen MR) is 49.8 cm³/mol. The Hall–Kier alpha value is -2.24. The third kappa shape index (κ3) is 0.846. The molecular formula is C8H5N5O. The Morgan fingerprint density at radius 1 is 1.07 bits per heavy atom. The zero-order valence-electron chi connectivity index (χ0n) is 6.98. The monoisotopic (exact) mass is 187 g/mol. The molecule has 0 unspecified atom stereocenters. The molecule has 3 rings (SSSR count). The zero-order valence-corrected chi connectivity index (χ0v) is 6.98. The van der Waals surface area contributed by atoms with Crippen LogP contribution in [0.15, 0.2) is 23.3 Å². The van der Waals surface area contributed by atoms with Crippen molar-refractivity contribution in [2.75, 3.05) is 0 Å². The van der Waals surface area contributed by atoms with E-state index in [1.165, 1.54) is 6.33 Å². The van der Waals surface area contributed by atoms with Gasteiger partial charge in [-0.1, -0.05) is 0 Å². The molecule has 0 atom stereocenters. The maximum absolute atomic E-state index is 11.4. The molecule has 0 aliphatic rings. The van der Waals surface area contributed by atoms with Crippen LogP contribution < -0.4 is 5.56 Å². The minimum atomic E-state index is -0.167. The summed E-state index contributed by atoms with van der Waals surface area (Å²) in [5, 5.41) is 10.8. The normalized spacial score (nSPS) is 11.1. The van der Waals surface area contributed by atoms with Gasteiger partial charge in [-0.25, -0.2) is 4.98 Å². The van der Waals surface area contributed by atoms with E-state index in [0.717, 1.165) is 0 Å². The van der Waals surface area contributed by atoms with Gasteiger partial charge in [0.2, 0.25) is 0 Å². The highest BCUT2D eigenvalue weighted by molar-refractivity contribution is 5.91. The lowest BCUT2D eigenvalue weighted by molar-refractivity contribution is 0.959. The SMILES string of the molecule is O=c1[nH]cnc2cc3n[nH]nc3cc12. The van der Waals surface area contributed by atoms with Gasteiger partial charge in [0.05, 0.1) is 17.2 Å². The molecular weight excluding hydrogens is 182 g/mol. The van der Waals surface area contributed by atoms with E-state index in [1.807, 2.05) is 0 Å². The van der Waals surface area contributed by atoms with E-state index < -0.39 is 0 Å². The summed E-state index contributed by atoms with van der Waals surface area (Å²) in [5.41, 5.74) is 1.82. The van der Waals surface area contributed by atoms with Crippen molar-refractivity contribution in [1.29, 1.82) is 0 Å². The molecule has 2 aromatic heterocycles. The third-order valence-corrected chi connectivity index (χ3v) is 2.08. The smallest absolute Gasteiger partial charge is 0.258 e. The molecule has 0 aliphatic carbocycles. The number of aromatic nitrogens is 5. The van der Waals surface area contributed by atoms with E-state index in [9.17, 15) is 4.79 Å². The van der Waals surface area contributed by atoms with Gasteiger partial charge in [0.15, 0.2) is 0 Å². The molecule has 2 N–H and O–H groups in total. The lowest BCUT2D eigenvalue weighted by Gasteiger charge is -1.93. The van der Waals surface area contributed by atoms with Crippen LogP contribution in [0, 0.1) is 0 Å². The number of nitrogens with zero attached hydrogens (tertiary/aromatic N) is 3. The van der Waals surface area contributed by atoms with Crippen molar-refractivity contribution in [2.24, 2.45) is 0 Å². The average Bonchev–Trinajstić information content (AvgIpc) is 2.62. The molecule has 14 heavy (non-hydrogen) atoms. The molecule has 0 bridgehead atoms. The van der Waals surface area contributed by atoms with Crippen LogP contribution >= 0.6 is 0 Å². The second-order valence-corrected chi connectivity index (χ2v) is 2.91. The van der Waals surface area contributed by atoms with Crippen LogP contribution in [0.1, 0.15) is 0 Å². The molecule has 0 spiro atoms. The largest absolute Gasteiger partial charge is 0.313 e. The Balaban J connectivity index is 2.63. The van der Waals surface area contributed by atoms with Crippen LogP contribution in [0.4, 0.5) is 0 Å². The summed E-state index contributed by atoms with van der Waals surface area (Å²) in [6.45, 7) is 0. The van der Waals surface area contributed by atoms with Crippen LogP contribution in [-0.2, 0) is 0 Å². The number of aromatic amines is 2. The van der Waals surface area contributed by atoms with Gasteiger partial charge >= 0.3 is 0 Å². The van der Waals surface area contributed by atoms with Gasteiger partial charge in [-0.2, -0.15) is 15.4 Å². The summed E-state index contributed by atoms with van der Waals surface area (Å²) >= 11 is 0. The van der Waals surface area contributed by atoms with Crippen molar-refractivity contribution < 1.29 is 0 Å². The van der Waals surface area contributed by atoms with E-state index >= 15 is 0 Å². The number of benzene rings is 1. The molecule has 0 fully saturated rings. The number of fused-ring (bicyclic) bond motifs is 2. The maximum atomic E-state index is 11.4. The fourth-order valence-corrected chi connectivity index (χ4v) is 1.40. The van der Waals surface area contributed by atoms with Gasteiger partial charge in [0, 0.05) is 0 Å². The van der Waals surface area contributed by atoms with E-state index in [-0.39, 0.29) is 5.56 Å². The summed E-state index contributed by atoms with van der Waals surface area (Å²) in [7, 11) is 0. The van der Waals surface area contributed by atoms with Crippen molar-refractivity contribution in [3.63, 3.8) is 0 Å². The lowest BCUT2D eigenvalue weighted by Crippen LogP contribution is -2.05. The molecule has 0 aliphatic heterocycles. The Morgan fingerprint density at radius 2 is 1.86 bits per heavy atom. The van der Waals surface area contributed by atoms with Gasteiger partial charge in [-0.3, -0.25) is 4.79 Å². The fourth-order valence-electron chi connectivity index (χ4n) is 1.40. The predicted octanol–water partition coefficient (Wildman–Crippen LogP) is 0.194. The molecule has 0 saturated heterocycles. The lowest BCUT2D eigenvalue weighted by atomic mass is 10.2. The molecule has 2 heterocycles. The first kappa shape index (κ1) is 7.19. The van der Waals surface area contributed by atoms with Crippen LogP contribution in [0.2, 0.25) is 0 Å². The van der Waals surface area contributed by atoms with Gasteiger partial charge in [-0.05, 0) is 12.1 Å². The Morgan fingerprint density at radius 3 is 2.71 bits per heavy atom. The molecule has 3 aromatic rings. The van der Waals surface area contributed by atoms with E-state index in [2.05, 4.69) is 25.4 Å². The van der Waals surface area contributed by atoms with Crippen molar-refractivity contribution in [3.8, 4) is 0 Å². The molecule has 0 amide bonds. The Kier molecular flexibility index (Phi) is 1.22. The Labute approximate surface area is 77.0 Å². The average molecular weight is 187 g/mol. The second kappa shape index (κ2) is 2.38. The van der Waals surface area contributed by atoms with Gasteiger partial charge in [-0.15, -0.1) is 0 Å². The number of rotatable bonds is 0. The quantitative estimate of drug-likeness (QED) is 0.526. The van der Waals surface area contributed by atoms with E-state index in [0.29, 0.717) is 21.9 Å². The minimum Gasteiger partial charge on any atom is -0.313 e. The molecule has 6 heteroatoms. The van der Waals surface area contributed by atoms with Crippen LogP contribution in [0.3, 0.4) is 0 Å². The molecule has 0 saturated carbocycles. The summed E-state index contributed by atoms with van der Waals surface area (Å²) < 4.78 is 0. The third-order valence-electron chi connectivity index (χ3n) is 2.08. The number of hydrogen-bond acceptors (Lipinski definition) is 4. The first-order valence-corrected chi connectivity index (χ1v) is 4.02. The molecule has 68 valence electrons. The summed E-state index contributed by atoms with van der Waals surface area (Å²) in [4.78, 5) is 17.9. The number of hydrogen-bond donors (Lipinski definition) is 2. The van der Waals surface area contributed by atoms with E-state index in [1.54, 1.807) is 12.1 Å². The van der Waals surface area contributed by atoms with Crippen molar-refractivity contribution >= 4 is 21.9 Å². The first-order valence-electron chi connectivity index (χ1n) is 4.02. The summed E-state index contributed by atoms with van der Waals surface area (Å²) in [6.07, 6.45) is 1.37. The fraction of sp³-hybridized carbons (Fsp3) is 0. The molecule has 0 radical (unpaired) electrons. The van der Waals surface area contributed by atoms with Crippen LogP contribution in [-0.4, -0.2) is 25.4 Å². The van der Waals surface area contributed by atoms with Gasteiger partial charge < -0.3 is 4.98 Å². The summed E-state index contributed by atoms with van der Waals surface area (Å²) in [6, 6.07) is 3.39. The van der Waals surface area contributed by atoms with Gasteiger partial charge in [0.25, 0.3) is 5.56 Å². The standard InChI is InChI=1S/C8H5N5O/c14-8-4-1-6-7(12-13-11-6)2-5(4)9-3-10-8/h1-3H,(H,9,10,14)(H,11,12,13). The topological polar surface area (TPSA) is 87.3 Å². The van der Waals surface area contributed by atoms with Gasteiger partial charge in [0.1, 0.15) is 11.0 Å². The first-order chi connectivity index (χ1) is 6.84. The van der Waals surface area contributed by atoms with Crippen molar-refractivity contribution in [3.05, 3.63) is 28.8 Å². The van der Waals surface area contributed by atoms with Crippen molar-refractivity contribution in [2.45, 2.75) is 0 Å². The minimum absolute atomic E-state index is 0.167. The number of nitrogens with one attached hydrogen (secondary N) is 2. The maximum Gasteiger partial charge on any atom is 0.258 e.